The minimum atomic E-state index is -1.86. The predicted molar refractivity (Wildman–Crippen MR) is 248 cm³/mol. The molecule has 0 bridgehead atoms. The molecule has 23 heteroatoms. The van der Waals surface area contributed by atoms with Crippen molar-refractivity contribution in [1.29, 1.82) is 0 Å². The molecule has 0 spiro atoms. The Morgan fingerprint density at radius 2 is 1.06 bits per heavy atom. The van der Waals surface area contributed by atoms with Crippen LogP contribution in [0.2, 0.25) is 0 Å². The molecule has 3 aromatic carbocycles. The van der Waals surface area contributed by atoms with Gasteiger partial charge in [0, 0.05) is 54.2 Å². The molecule has 3 heterocycles. The molecule has 0 N–H and O–H groups in total. The molecule has 0 unspecified atom stereocenters. The molecule has 10 atom stereocenters. The van der Waals surface area contributed by atoms with Gasteiger partial charge in [-0.15, -0.1) is 0 Å². The number of para-hydroxylation sites is 2. The first-order chi connectivity index (χ1) is 33.9. The number of ether oxygens (including phenoxy) is 10. The van der Waals surface area contributed by atoms with E-state index in [1.165, 1.54) is 11.8 Å². The number of carbonyl (C=O) groups excluding carboxylic acids is 7. The first-order valence-electron chi connectivity index (χ1n) is 22.0. The van der Waals surface area contributed by atoms with Gasteiger partial charge in [0.2, 0.25) is 4.80 Å². The molecular weight excluding hydrogens is 969 g/mol. The van der Waals surface area contributed by atoms with Crippen molar-refractivity contribution in [1.82, 2.24) is 9.55 Å². The van der Waals surface area contributed by atoms with Gasteiger partial charge in [0.05, 0.1) is 11.4 Å². The van der Waals surface area contributed by atoms with Crippen molar-refractivity contribution in [3.63, 3.8) is 0 Å². The normalized spacial score (nSPS) is 24.4. The van der Waals surface area contributed by atoms with Crippen molar-refractivity contribution in [3.05, 3.63) is 106 Å². The van der Waals surface area contributed by atoms with Gasteiger partial charge in [0.15, 0.2) is 53.0 Å². The number of aromatic nitrogens is 2. The molecule has 4 aromatic rings. The van der Waals surface area contributed by atoms with Crippen LogP contribution in [-0.2, 0) is 86.7 Å². The summed E-state index contributed by atoms with van der Waals surface area (Å²) < 4.78 is 60.5. The minimum Gasteiger partial charge on any atom is -0.463 e. The highest BCUT2D eigenvalue weighted by molar-refractivity contribution is 7.98. The van der Waals surface area contributed by atoms with E-state index in [0.29, 0.717) is 22.3 Å². The molecule has 1 aromatic heterocycles. The molecule has 2 aliphatic heterocycles. The first-order valence-corrected chi connectivity index (χ1v) is 23.8. The van der Waals surface area contributed by atoms with Gasteiger partial charge in [0.1, 0.15) is 31.5 Å². The maximum Gasteiger partial charge on any atom is 0.303 e. The van der Waals surface area contributed by atoms with Crippen LogP contribution in [0.4, 0.5) is 5.69 Å². The van der Waals surface area contributed by atoms with Crippen LogP contribution < -0.4 is 9.60 Å². The summed E-state index contributed by atoms with van der Waals surface area (Å²) in [5.74, 6) is -5.52. The van der Waals surface area contributed by atoms with E-state index in [0.717, 1.165) is 65.4 Å². The molecule has 378 valence electrons. The van der Waals surface area contributed by atoms with Crippen LogP contribution in [0.25, 0.3) is 5.69 Å². The molecule has 0 radical (unpaired) electrons. The summed E-state index contributed by atoms with van der Waals surface area (Å²) in [4.78, 5) is 104. The predicted octanol–water partition coefficient (Wildman–Crippen LogP) is 3.98. The van der Waals surface area contributed by atoms with Crippen molar-refractivity contribution in [2.45, 2.75) is 121 Å². The lowest BCUT2D eigenvalue weighted by molar-refractivity contribution is -0.344. The smallest absolute Gasteiger partial charge is 0.303 e. The third kappa shape index (κ3) is 15.4. The van der Waals surface area contributed by atoms with E-state index >= 15 is 0 Å². The van der Waals surface area contributed by atoms with Crippen LogP contribution in [-0.4, -0.2) is 126 Å². The van der Waals surface area contributed by atoms with Crippen LogP contribution in [0.5, 0.6) is 0 Å². The quantitative estimate of drug-likeness (QED) is 0.0823. The summed E-state index contributed by atoms with van der Waals surface area (Å²) in [6.07, 6.45) is -16.3. The molecule has 6 rings (SSSR count). The summed E-state index contributed by atoms with van der Waals surface area (Å²) in [6, 6.07) is 28.0. The number of hydrogen-bond acceptors (Lipinski definition) is 22. The average Bonchev–Trinajstić information content (AvgIpc) is 3.31. The van der Waals surface area contributed by atoms with Crippen LogP contribution in [0.1, 0.15) is 54.0 Å². The zero-order valence-electron chi connectivity index (χ0n) is 39.6. The van der Waals surface area contributed by atoms with Crippen LogP contribution in [0.3, 0.4) is 0 Å². The Kier molecular flexibility index (Phi) is 19.1. The third-order valence-electron chi connectivity index (χ3n) is 10.1. The Balaban J connectivity index is 1.56. The van der Waals surface area contributed by atoms with E-state index in [4.69, 9.17) is 62.3 Å². The largest absolute Gasteiger partial charge is 0.463 e. The van der Waals surface area contributed by atoms with Gasteiger partial charge >= 0.3 is 41.8 Å². The fourth-order valence-corrected chi connectivity index (χ4v) is 9.39. The zero-order chi connectivity index (χ0) is 51.2. The maximum absolute atomic E-state index is 13.2. The summed E-state index contributed by atoms with van der Waals surface area (Å²) in [7, 11) is 0. The van der Waals surface area contributed by atoms with Gasteiger partial charge in [-0.05, 0) is 29.8 Å². The van der Waals surface area contributed by atoms with Crippen LogP contribution in [0, 0.1) is 0 Å². The molecule has 71 heavy (non-hydrogen) atoms. The number of carbonyl (C=O) groups is 7. The van der Waals surface area contributed by atoms with Gasteiger partial charge in [-0.3, -0.25) is 38.1 Å². The molecule has 0 saturated carbocycles. The molecule has 0 aliphatic carbocycles. The van der Waals surface area contributed by atoms with Gasteiger partial charge in [-0.1, -0.05) is 89.8 Å². The highest BCUT2D eigenvalue weighted by Gasteiger charge is 2.57. The van der Waals surface area contributed by atoms with Crippen molar-refractivity contribution in [3.8, 4) is 5.69 Å². The fourth-order valence-electron chi connectivity index (χ4n) is 7.43. The Labute approximate surface area is 415 Å². The zero-order valence-corrected chi connectivity index (χ0v) is 41.2. The number of rotatable bonds is 17. The van der Waals surface area contributed by atoms with Crippen molar-refractivity contribution >= 4 is 70.6 Å². The number of thioether (sulfide) groups is 1. The molecular formula is C48H52N4O17S2. The van der Waals surface area contributed by atoms with E-state index in [1.54, 1.807) is 16.7 Å². The monoisotopic (exact) mass is 1020 g/mol. The molecule has 0 amide bonds. The van der Waals surface area contributed by atoms with Crippen molar-refractivity contribution in [2.75, 3.05) is 13.2 Å². The third-order valence-corrected chi connectivity index (χ3v) is 11.9. The highest BCUT2D eigenvalue weighted by Crippen LogP contribution is 2.36. The lowest BCUT2D eigenvalue weighted by Crippen LogP contribution is -2.67. The lowest BCUT2D eigenvalue weighted by atomic mass is 9.95. The van der Waals surface area contributed by atoms with E-state index < -0.39 is 116 Å². The summed E-state index contributed by atoms with van der Waals surface area (Å²) in [5, 5.41) is 0.449. The molecule has 2 aliphatic rings. The SMILES string of the molecule is CC(=O)OC[C@H]1O[C@@H](O[C@H]2[C@H](OC(C)=O)[C@@H](OC(C)=O)[C@H](/N=c3\sc(=Nc4ccccc4)nc(SCc4ccccc4)n3-c3ccccc3)O[C@@H]2COC(C)=O)[C@H](OC(C)=O)[C@@H](OC(C)=O)[C@H]1OC(C)=O. The molecule has 2 fully saturated rings. The Morgan fingerprint density at radius 3 is 1.61 bits per heavy atom. The van der Waals surface area contributed by atoms with E-state index in [-0.39, 0.29) is 9.60 Å². The van der Waals surface area contributed by atoms with Gasteiger partial charge in [-0.25, -0.2) is 9.98 Å². The van der Waals surface area contributed by atoms with Gasteiger partial charge < -0.3 is 47.4 Å². The second-order valence-electron chi connectivity index (χ2n) is 15.8. The van der Waals surface area contributed by atoms with Crippen LogP contribution >= 0.6 is 23.1 Å². The second kappa shape index (κ2) is 25.4. The summed E-state index contributed by atoms with van der Waals surface area (Å²) >= 11 is 2.45. The Morgan fingerprint density at radius 1 is 0.577 bits per heavy atom. The molecule has 2 saturated heterocycles. The average molecular weight is 1020 g/mol. The summed E-state index contributed by atoms with van der Waals surface area (Å²) in [6.45, 7) is 6.39. The standard InChI is InChI=1S/C48H52N4O17S2/c1-26(53)60-23-36-39(69-45-43(66-32(7)59)41(64-30(5)57)38(62-28(3)55)37(68-45)24-61-27(2)54)40(63-29(4)56)42(65-31(6)58)44(67-36)50-48-52(35-21-15-10-16-22-35)47(70-25-33-17-11-8-12-18-33)51-46(71-48)49-34-19-13-9-14-20-34/h8-22,36-45H,23-25H2,1-7H3/b49-46?,50-48-/t36-,37-,38+,39-,40+,41+,42-,43-,44-,45+/m1/s1. The number of nitrogens with zero attached hydrogens (tertiary/aromatic N) is 4. The van der Waals surface area contributed by atoms with Crippen molar-refractivity contribution in [2.24, 2.45) is 9.98 Å². The minimum absolute atomic E-state index is 0.213. The second-order valence-corrected chi connectivity index (χ2v) is 17.6. The lowest BCUT2D eigenvalue weighted by Gasteiger charge is -2.48. The topological polar surface area (TPSA) is 254 Å². The van der Waals surface area contributed by atoms with Gasteiger partial charge in [-0.2, -0.15) is 4.98 Å². The van der Waals surface area contributed by atoms with Crippen LogP contribution in [0.15, 0.2) is 106 Å². The number of hydrogen-bond donors (Lipinski definition) is 0. The molecule has 21 nitrogen and oxygen atoms in total. The number of benzene rings is 3. The van der Waals surface area contributed by atoms with Gasteiger partial charge in [0.25, 0.3) is 0 Å². The maximum atomic E-state index is 13.2. The Hall–Kier alpha value is -6.79. The Bertz CT molecular complexity index is 2670. The highest BCUT2D eigenvalue weighted by atomic mass is 32.2. The fraction of sp³-hybridized carbons (Fsp3) is 0.417. The van der Waals surface area contributed by atoms with E-state index in [1.807, 2.05) is 78.9 Å². The van der Waals surface area contributed by atoms with E-state index in [9.17, 15) is 33.6 Å². The number of esters is 7. The summed E-state index contributed by atoms with van der Waals surface area (Å²) in [5.41, 5.74) is 2.20. The first kappa shape index (κ1) is 53.6. The van der Waals surface area contributed by atoms with E-state index in [2.05, 4.69) is 0 Å². The van der Waals surface area contributed by atoms with Crippen molar-refractivity contribution < 1.29 is 80.9 Å².